The van der Waals surface area contributed by atoms with Crippen molar-refractivity contribution < 1.29 is 66.9 Å². The molecule has 0 amide bonds. The molecule has 1 unspecified atom stereocenters. The number of ether oxygens (including phenoxy) is 9. The Bertz CT molecular complexity index is 1310. The summed E-state index contributed by atoms with van der Waals surface area (Å²) in [4.78, 5) is 55.2. The molecular formula is C39H65NO14. The summed E-state index contributed by atoms with van der Waals surface area (Å²) in [5.41, 5.74) is -1.17. The van der Waals surface area contributed by atoms with E-state index < -0.39 is 115 Å². The van der Waals surface area contributed by atoms with Gasteiger partial charge in [-0.3, -0.25) is 19.2 Å². The fourth-order valence-corrected chi connectivity index (χ4v) is 8.58. The van der Waals surface area contributed by atoms with Crippen molar-refractivity contribution in [2.24, 2.45) is 29.6 Å². The monoisotopic (exact) mass is 771 g/mol. The normalized spacial score (nSPS) is 45.4. The van der Waals surface area contributed by atoms with Gasteiger partial charge >= 0.3 is 17.9 Å². The Morgan fingerprint density at radius 1 is 0.796 bits per heavy atom. The number of epoxide rings is 1. The maximum Gasteiger partial charge on any atom is 0.311 e. The van der Waals surface area contributed by atoms with E-state index in [9.17, 15) is 24.3 Å². The number of hydrogen-bond acceptors (Lipinski definition) is 15. The predicted molar refractivity (Wildman–Crippen MR) is 193 cm³/mol. The van der Waals surface area contributed by atoms with Crippen molar-refractivity contribution in [2.45, 2.75) is 168 Å². The van der Waals surface area contributed by atoms with Crippen molar-refractivity contribution in [1.82, 2.24) is 4.90 Å². The summed E-state index contributed by atoms with van der Waals surface area (Å²) in [6.07, 6.45) is -7.33. The van der Waals surface area contributed by atoms with Gasteiger partial charge in [0.2, 0.25) is 0 Å². The van der Waals surface area contributed by atoms with E-state index in [0.29, 0.717) is 6.42 Å². The molecule has 0 aromatic heterocycles. The molecule has 0 aliphatic carbocycles. The maximum atomic E-state index is 14.3. The molecule has 15 nitrogen and oxygen atoms in total. The van der Waals surface area contributed by atoms with Crippen molar-refractivity contribution in [1.29, 1.82) is 0 Å². The van der Waals surface area contributed by atoms with Gasteiger partial charge < -0.3 is 52.6 Å². The second kappa shape index (κ2) is 18.4. The predicted octanol–water partition coefficient (Wildman–Crippen LogP) is 3.05. The number of Topliss-reactive ketones (excluding diaryl/α,β-unsaturated/α-hetero) is 1. The van der Waals surface area contributed by atoms with Crippen LogP contribution in [0.2, 0.25) is 0 Å². The number of likely N-dealkylation sites (N-methyl/N-ethyl adjacent to an activating group) is 1. The van der Waals surface area contributed by atoms with Gasteiger partial charge in [0.1, 0.15) is 18.3 Å². The highest BCUT2D eigenvalue weighted by Crippen LogP contribution is 2.44. The van der Waals surface area contributed by atoms with Crippen LogP contribution in [0, 0.1) is 29.6 Å². The minimum atomic E-state index is -1.17. The first kappa shape index (κ1) is 44.5. The number of hydrogen-bond donors (Lipinski definition) is 1. The lowest BCUT2D eigenvalue weighted by Crippen LogP contribution is -2.58. The highest BCUT2D eigenvalue weighted by molar-refractivity contribution is 5.92. The third kappa shape index (κ3) is 10.2. The standard InChI is InChI=1S/C39H65NO14/c1-18-16-39(17-47-39)36(44)22(5)33(51-26(9)41)20(3)24(7)50-37(45)23(6)34(53-30-15-29(46-13)31(43)25(8)49-30)21(4)32(18)54-38-35(52-27(10)42)28(40(11)12)14-19(2)48-38/h18-25,28-35,38,43H,14-17H2,1-13H3/t18-,19+,20-,21+,22+,23+,24+,25-,28-,29-,30-,31-,32-,33-,34?,35+,38-,39+/m0/s1. The van der Waals surface area contributed by atoms with Gasteiger partial charge in [-0.25, -0.2) is 0 Å². The van der Waals surface area contributed by atoms with Crippen LogP contribution in [0.15, 0.2) is 0 Å². The van der Waals surface area contributed by atoms with Gasteiger partial charge in [-0.2, -0.15) is 0 Å². The molecule has 0 aromatic carbocycles. The Morgan fingerprint density at radius 2 is 1.41 bits per heavy atom. The zero-order valence-corrected chi connectivity index (χ0v) is 34.3. The van der Waals surface area contributed by atoms with Crippen LogP contribution in [0.3, 0.4) is 0 Å². The number of nitrogens with zero attached hydrogens (tertiary/aromatic N) is 1. The number of methoxy groups -OCH3 is 1. The summed E-state index contributed by atoms with van der Waals surface area (Å²) in [7, 11) is 5.32. The molecule has 310 valence electrons. The van der Waals surface area contributed by atoms with Crippen LogP contribution in [0.5, 0.6) is 0 Å². The molecule has 4 aliphatic heterocycles. The number of ketones is 1. The lowest BCUT2D eigenvalue weighted by molar-refractivity contribution is -0.300. The molecule has 0 radical (unpaired) electrons. The average Bonchev–Trinajstić information content (AvgIpc) is 3.88. The van der Waals surface area contributed by atoms with Crippen molar-refractivity contribution in [3.05, 3.63) is 0 Å². The summed E-state index contributed by atoms with van der Waals surface area (Å²) in [5, 5.41) is 10.7. The molecule has 15 heteroatoms. The van der Waals surface area contributed by atoms with E-state index in [-0.39, 0.29) is 37.4 Å². The first-order valence-electron chi connectivity index (χ1n) is 19.4. The summed E-state index contributed by atoms with van der Waals surface area (Å²) in [6, 6.07) is -0.232. The van der Waals surface area contributed by atoms with Crippen LogP contribution in [0.4, 0.5) is 0 Å². The largest absolute Gasteiger partial charge is 0.462 e. The van der Waals surface area contributed by atoms with Crippen molar-refractivity contribution in [2.75, 3.05) is 27.8 Å². The van der Waals surface area contributed by atoms with Crippen molar-refractivity contribution in [3.63, 3.8) is 0 Å². The topological polar surface area (TPSA) is 178 Å². The SMILES string of the molecule is CO[C@H]1C[C@H](OC2[C@@H](C)C(=O)O[C@H](C)[C@H](C)[C@H](OC(C)=O)[C@@H](C)C(=O)[C@]3(CO3)C[C@H](C)[C@H](O[C@@H]3O[C@H](C)C[C@H](N(C)C)[C@H]3OC(C)=O)[C@H]2C)O[C@@H](C)[C@@H]1O. The van der Waals surface area contributed by atoms with Gasteiger partial charge in [0.15, 0.2) is 30.1 Å². The van der Waals surface area contributed by atoms with Crippen LogP contribution in [0.1, 0.15) is 88.5 Å². The lowest BCUT2D eigenvalue weighted by atomic mass is 9.76. The second-order valence-corrected chi connectivity index (χ2v) is 16.5. The maximum absolute atomic E-state index is 14.3. The molecular weight excluding hydrogens is 706 g/mol. The molecule has 1 spiro atoms. The van der Waals surface area contributed by atoms with Gasteiger partial charge in [-0.1, -0.05) is 27.7 Å². The molecule has 1 N–H and O–H groups in total. The molecule has 0 saturated carbocycles. The molecule has 18 atom stereocenters. The molecule has 4 fully saturated rings. The van der Waals surface area contributed by atoms with Crippen LogP contribution < -0.4 is 0 Å². The first-order valence-corrected chi connectivity index (χ1v) is 19.4. The van der Waals surface area contributed by atoms with Gasteiger partial charge in [0.05, 0.1) is 55.0 Å². The number of aliphatic hydroxyl groups is 1. The molecule has 4 saturated heterocycles. The zero-order valence-electron chi connectivity index (χ0n) is 34.3. The van der Waals surface area contributed by atoms with E-state index in [4.69, 9.17) is 42.6 Å². The smallest absolute Gasteiger partial charge is 0.311 e. The van der Waals surface area contributed by atoms with Crippen LogP contribution in [0.25, 0.3) is 0 Å². The minimum Gasteiger partial charge on any atom is -0.462 e. The quantitative estimate of drug-likeness (QED) is 0.216. The highest BCUT2D eigenvalue weighted by atomic mass is 16.7. The van der Waals surface area contributed by atoms with E-state index in [2.05, 4.69) is 0 Å². The fraction of sp³-hybridized carbons (Fsp3) is 0.897. The lowest BCUT2D eigenvalue weighted by Gasteiger charge is -2.46. The molecule has 4 rings (SSSR count). The van der Waals surface area contributed by atoms with Crippen molar-refractivity contribution in [3.8, 4) is 0 Å². The molecule has 4 heterocycles. The minimum absolute atomic E-state index is 0.175. The second-order valence-electron chi connectivity index (χ2n) is 16.5. The Morgan fingerprint density at radius 3 is 1.96 bits per heavy atom. The number of carbonyl (C=O) groups excluding carboxylic acids is 4. The van der Waals surface area contributed by atoms with Gasteiger partial charge in [-0.05, 0) is 60.5 Å². The third-order valence-electron chi connectivity index (χ3n) is 11.9. The van der Waals surface area contributed by atoms with E-state index >= 15 is 0 Å². The summed E-state index contributed by atoms with van der Waals surface area (Å²) in [6.45, 7) is 17.2. The van der Waals surface area contributed by atoms with E-state index in [0.717, 1.165) is 0 Å². The summed E-state index contributed by atoms with van der Waals surface area (Å²) >= 11 is 0. The molecule has 0 bridgehead atoms. The number of aliphatic hydroxyl groups excluding tert-OH is 1. The average molecular weight is 772 g/mol. The number of rotatable bonds is 8. The Balaban J connectivity index is 1.82. The number of carbonyl (C=O) groups is 4. The van der Waals surface area contributed by atoms with Crippen LogP contribution in [-0.4, -0.2) is 141 Å². The molecule has 4 aliphatic rings. The van der Waals surface area contributed by atoms with Crippen molar-refractivity contribution >= 4 is 23.7 Å². The van der Waals surface area contributed by atoms with E-state index in [1.54, 1.807) is 34.6 Å². The van der Waals surface area contributed by atoms with E-state index in [1.807, 2.05) is 39.8 Å². The van der Waals surface area contributed by atoms with E-state index in [1.165, 1.54) is 21.0 Å². The van der Waals surface area contributed by atoms with Crippen LogP contribution >= 0.6 is 0 Å². The third-order valence-corrected chi connectivity index (χ3v) is 11.9. The van der Waals surface area contributed by atoms with Crippen LogP contribution in [-0.2, 0) is 61.8 Å². The fourth-order valence-electron chi connectivity index (χ4n) is 8.58. The molecule has 54 heavy (non-hydrogen) atoms. The number of esters is 3. The molecule has 0 aromatic rings. The Labute approximate surface area is 320 Å². The van der Waals surface area contributed by atoms with Gasteiger partial charge in [-0.15, -0.1) is 0 Å². The number of cyclic esters (lactones) is 1. The summed E-state index contributed by atoms with van der Waals surface area (Å²) in [5.74, 6) is -5.06. The zero-order chi connectivity index (χ0) is 40.4. The highest BCUT2D eigenvalue weighted by Gasteiger charge is 2.58. The summed E-state index contributed by atoms with van der Waals surface area (Å²) < 4.78 is 55.4. The van der Waals surface area contributed by atoms with Gasteiger partial charge in [0, 0.05) is 39.2 Å². The van der Waals surface area contributed by atoms with Gasteiger partial charge in [0.25, 0.3) is 0 Å². The Hall–Kier alpha value is -2.24. The Kier molecular flexibility index (Phi) is 15.1. The first-order chi connectivity index (χ1) is 25.2.